The van der Waals surface area contributed by atoms with Crippen molar-refractivity contribution in [2.75, 3.05) is 24.7 Å². The standard InChI is InChI=1S/C14H20ClNO3S/c1-11(19-13-5-3-12(15)4-6-13)14(18)16-7-10-20-9-2-8-17/h3-6,11,17H,2,7-10H2,1H3,(H,16,18). The van der Waals surface area contributed by atoms with Gasteiger partial charge in [-0.1, -0.05) is 11.6 Å². The van der Waals surface area contributed by atoms with Crippen molar-refractivity contribution in [2.24, 2.45) is 0 Å². The number of carbonyl (C=O) groups excluding carboxylic acids is 1. The minimum atomic E-state index is -0.543. The van der Waals surface area contributed by atoms with Crippen molar-refractivity contribution >= 4 is 29.3 Å². The van der Waals surface area contributed by atoms with Crippen molar-refractivity contribution in [3.8, 4) is 5.75 Å². The maximum absolute atomic E-state index is 11.8. The van der Waals surface area contributed by atoms with Crippen LogP contribution in [0.4, 0.5) is 0 Å². The molecule has 1 atom stereocenters. The summed E-state index contributed by atoms with van der Waals surface area (Å²) in [6.45, 7) is 2.53. The average molecular weight is 318 g/mol. The lowest BCUT2D eigenvalue weighted by atomic mass is 10.3. The van der Waals surface area contributed by atoms with Gasteiger partial charge in [-0.3, -0.25) is 4.79 Å². The van der Waals surface area contributed by atoms with E-state index in [9.17, 15) is 4.79 Å². The summed E-state index contributed by atoms with van der Waals surface area (Å²) in [6.07, 6.45) is 0.243. The summed E-state index contributed by atoms with van der Waals surface area (Å²) in [4.78, 5) is 11.8. The van der Waals surface area contributed by atoms with Crippen LogP contribution in [0.25, 0.3) is 0 Å². The highest BCUT2D eigenvalue weighted by atomic mass is 35.5. The zero-order chi connectivity index (χ0) is 14.8. The molecule has 0 fully saturated rings. The van der Waals surface area contributed by atoms with E-state index in [1.54, 1.807) is 43.0 Å². The van der Waals surface area contributed by atoms with Gasteiger partial charge < -0.3 is 15.2 Å². The van der Waals surface area contributed by atoms with Crippen molar-refractivity contribution in [3.63, 3.8) is 0 Å². The Morgan fingerprint density at radius 2 is 2.10 bits per heavy atom. The average Bonchev–Trinajstić information content (AvgIpc) is 2.45. The molecular weight excluding hydrogens is 298 g/mol. The zero-order valence-corrected chi connectivity index (χ0v) is 13.0. The molecule has 2 N–H and O–H groups in total. The summed E-state index contributed by atoms with van der Waals surface area (Å²) < 4.78 is 5.52. The van der Waals surface area contributed by atoms with Gasteiger partial charge >= 0.3 is 0 Å². The molecule has 6 heteroatoms. The second kappa shape index (κ2) is 9.91. The van der Waals surface area contributed by atoms with Gasteiger partial charge in [0.15, 0.2) is 6.10 Å². The van der Waals surface area contributed by atoms with Gasteiger partial charge in [0.1, 0.15) is 5.75 Å². The molecule has 20 heavy (non-hydrogen) atoms. The first kappa shape index (κ1) is 17.1. The van der Waals surface area contributed by atoms with Crippen molar-refractivity contribution in [1.29, 1.82) is 0 Å². The number of benzene rings is 1. The number of amides is 1. The molecule has 0 saturated heterocycles. The number of aliphatic hydroxyl groups is 1. The van der Waals surface area contributed by atoms with Crippen LogP contribution in [0.3, 0.4) is 0 Å². The molecule has 4 nitrogen and oxygen atoms in total. The molecule has 1 unspecified atom stereocenters. The maximum atomic E-state index is 11.8. The Labute approximate surface area is 128 Å². The zero-order valence-electron chi connectivity index (χ0n) is 11.5. The minimum Gasteiger partial charge on any atom is -0.481 e. The first-order chi connectivity index (χ1) is 9.63. The summed E-state index contributed by atoms with van der Waals surface area (Å²) in [5.74, 6) is 2.22. The number of carbonyl (C=O) groups is 1. The van der Waals surface area contributed by atoms with Gasteiger partial charge in [0, 0.05) is 23.9 Å². The Morgan fingerprint density at radius 1 is 1.40 bits per heavy atom. The number of ether oxygens (including phenoxy) is 1. The fourth-order valence-corrected chi connectivity index (χ4v) is 2.34. The number of rotatable bonds is 9. The van der Waals surface area contributed by atoms with Gasteiger partial charge in [0.2, 0.25) is 0 Å². The first-order valence-corrected chi connectivity index (χ1v) is 8.05. The molecular formula is C14H20ClNO3S. The molecule has 1 amide bonds. The monoisotopic (exact) mass is 317 g/mol. The summed E-state index contributed by atoms with van der Waals surface area (Å²) in [7, 11) is 0. The summed E-state index contributed by atoms with van der Waals surface area (Å²) in [6, 6.07) is 6.91. The van der Waals surface area contributed by atoms with Crippen LogP contribution >= 0.6 is 23.4 Å². The Bertz CT molecular complexity index is 400. The van der Waals surface area contributed by atoms with Crippen LogP contribution in [0.5, 0.6) is 5.75 Å². The van der Waals surface area contributed by atoms with Crippen LogP contribution in [0.15, 0.2) is 24.3 Å². The first-order valence-electron chi connectivity index (χ1n) is 6.52. The Hall–Kier alpha value is -0.910. The molecule has 1 aromatic rings. The van der Waals surface area contributed by atoms with Crippen molar-refractivity contribution in [1.82, 2.24) is 5.32 Å². The Kier molecular flexibility index (Phi) is 8.49. The predicted molar refractivity (Wildman–Crippen MR) is 83.6 cm³/mol. The number of aliphatic hydroxyl groups excluding tert-OH is 1. The number of hydrogen-bond donors (Lipinski definition) is 2. The molecule has 0 aromatic heterocycles. The molecule has 0 aliphatic carbocycles. The molecule has 0 bridgehead atoms. The van der Waals surface area contributed by atoms with E-state index < -0.39 is 6.10 Å². The molecule has 0 radical (unpaired) electrons. The largest absolute Gasteiger partial charge is 0.481 e. The second-order valence-electron chi connectivity index (χ2n) is 4.19. The maximum Gasteiger partial charge on any atom is 0.260 e. The van der Waals surface area contributed by atoms with E-state index in [0.717, 1.165) is 17.9 Å². The minimum absolute atomic E-state index is 0.136. The highest BCUT2D eigenvalue weighted by Gasteiger charge is 2.13. The molecule has 1 aromatic carbocycles. The van der Waals surface area contributed by atoms with E-state index in [4.69, 9.17) is 21.4 Å². The normalized spacial score (nSPS) is 11.9. The van der Waals surface area contributed by atoms with Crippen molar-refractivity contribution < 1.29 is 14.6 Å². The highest BCUT2D eigenvalue weighted by Crippen LogP contribution is 2.16. The van der Waals surface area contributed by atoms with Crippen LogP contribution in [0.1, 0.15) is 13.3 Å². The van der Waals surface area contributed by atoms with Gasteiger partial charge in [-0.05, 0) is 43.4 Å². The van der Waals surface area contributed by atoms with Gasteiger partial charge in [0.25, 0.3) is 5.91 Å². The molecule has 112 valence electrons. The molecule has 1 rings (SSSR count). The SMILES string of the molecule is CC(Oc1ccc(Cl)cc1)C(=O)NCCSCCCO. The number of hydrogen-bond acceptors (Lipinski definition) is 4. The van der Waals surface area contributed by atoms with Gasteiger partial charge in [-0.15, -0.1) is 0 Å². The van der Waals surface area contributed by atoms with E-state index in [1.165, 1.54) is 0 Å². The van der Waals surface area contributed by atoms with Crippen LogP contribution in [0.2, 0.25) is 5.02 Å². The van der Waals surface area contributed by atoms with E-state index in [2.05, 4.69) is 5.32 Å². The van der Waals surface area contributed by atoms with Gasteiger partial charge in [0.05, 0.1) is 0 Å². The molecule has 0 aliphatic rings. The van der Waals surface area contributed by atoms with Crippen LogP contribution in [-0.4, -0.2) is 41.8 Å². The quantitative estimate of drug-likeness (QED) is 0.686. The summed E-state index contributed by atoms with van der Waals surface area (Å²) in [5, 5.41) is 12.1. The topological polar surface area (TPSA) is 58.6 Å². The lowest BCUT2D eigenvalue weighted by molar-refractivity contribution is -0.127. The van der Waals surface area contributed by atoms with Crippen molar-refractivity contribution in [2.45, 2.75) is 19.4 Å². The molecule has 0 spiro atoms. The van der Waals surface area contributed by atoms with E-state index in [0.29, 0.717) is 17.3 Å². The third-order valence-electron chi connectivity index (χ3n) is 2.49. The lowest BCUT2D eigenvalue weighted by Crippen LogP contribution is -2.37. The Balaban J connectivity index is 2.20. The smallest absolute Gasteiger partial charge is 0.260 e. The number of nitrogens with one attached hydrogen (secondary N) is 1. The fourth-order valence-electron chi connectivity index (χ4n) is 1.43. The summed E-state index contributed by atoms with van der Waals surface area (Å²) in [5.41, 5.74) is 0. The highest BCUT2D eigenvalue weighted by molar-refractivity contribution is 7.99. The molecule has 0 aliphatic heterocycles. The van der Waals surface area contributed by atoms with Gasteiger partial charge in [-0.2, -0.15) is 11.8 Å². The molecule has 0 saturated carbocycles. The number of halogens is 1. The fraction of sp³-hybridized carbons (Fsp3) is 0.500. The third-order valence-corrected chi connectivity index (χ3v) is 3.81. The lowest BCUT2D eigenvalue weighted by Gasteiger charge is -2.14. The molecule has 0 heterocycles. The van der Waals surface area contributed by atoms with E-state index in [-0.39, 0.29) is 12.5 Å². The number of thioether (sulfide) groups is 1. The van der Waals surface area contributed by atoms with Gasteiger partial charge in [-0.25, -0.2) is 0 Å². The van der Waals surface area contributed by atoms with Crippen LogP contribution in [0, 0.1) is 0 Å². The van der Waals surface area contributed by atoms with Crippen LogP contribution < -0.4 is 10.1 Å². The summed E-state index contributed by atoms with van der Waals surface area (Å²) >= 11 is 7.49. The Morgan fingerprint density at radius 3 is 2.75 bits per heavy atom. The van der Waals surface area contributed by atoms with E-state index in [1.807, 2.05) is 0 Å². The third kappa shape index (κ3) is 7.03. The predicted octanol–water partition coefficient (Wildman–Crippen LogP) is 2.34. The van der Waals surface area contributed by atoms with Crippen LogP contribution in [-0.2, 0) is 4.79 Å². The van der Waals surface area contributed by atoms with Crippen molar-refractivity contribution in [3.05, 3.63) is 29.3 Å². The van der Waals surface area contributed by atoms with E-state index >= 15 is 0 Å². The second-order valence-corrected chi connectivity index (χ2v) is 5.86.